The average molecular weight is 402 g/mol. The van der Waals surface area contributed by atoms with Gasteiger partial charge in [0.1, 0.15) is 6.54 Å². The van der Waals surface area contributed by atoms with Gasteiger partial charge in [-0.15, -0.1) is 0 Å². The highest BCUT2D eigenvalue weighted by Gasteiger charge is 2.09. The first-order chi connectivity index (χ1) is 14.0. The van der Waals surface area contributed by atoms with Crippen LogP contribution in [0.25, 0.3) is 10.9 Å². The number of benzene rings is 1. The molecule has 1 aromatic heterocycles. The van der Waals surface area contributed by atoms with E-state index in [1.54, 1.807) is 18.2 Å². The fourth-order valence-corrected chi connectivity index (χ4v) is 3.15. The monoisotopic (exact) mass is 401 g/mol. The molecule has 1 heterocycles. The highest BCUT2D eigenvalue weighted by molar-refractivity contribution is 5.80. The second kappa shape index (κ2) is 12.0. The summed E-state index contributed by atoms with van der Waals surface area (Å²) in [7, 11) is 0. The van der Waals surface area contributed by atoms with Crippen LogP contribution in [0.5, 0.6) is 0 Å². The van der Waals surface area contributed by atoms with E-state index in [-0.39, 0.29) is 36.9 Å². The van der Waals surface area contributed by atoms with Crippen LogP contribution in [-0.4, -0.2) is 59.0 Å². The fraction of sp³-hybridized carbons (Fsp3) is 0.524. The molecule has 0 bridgehead atoms. The predicted molar refractivity (Wildman–Crippen MR) is 114 cm³/mol. The highest BCUT2D eigenvalue weighted by Crippen LogP contribution is 2.04. The molecule has 2 amide bonds. The van der Waals surface area contributed by atoms with E-state index in [2.05, 4.69) is 34.4 Å². The topological polar surface area (TPSA) is 96.3 Å². The summed E-state index contributed by atoms with van der Waals surface area (Å²) < 4.78 is 1.27. The lowest BCUT2D eigenvalue weighted by Gasteiger charge is -2.20. The van der Waals surface area contributed by atoms with Crippen molar-refractivity contribution in [2.24, 2.45) is 0 Å². The van der Waals surface area contributed by atoms with Crippen molar-refractivity contribution in [3.63, 3.8) is 0 Å². The van der Waals surface area contributed by atoms with Crippen LogP contribution in [0.15, 0.2) is 35.4 Å². The minimum absolute atomic E-state index is 0.0946. The van der Waals surface area contributed by atoms with Crippen LogP contribution in [0.4, 0.5) is 0 Å². The van der Waals surface area contributed by atoms with Crippen molar-refractivity contribution in [3.05, 3.63) is 40.9 Å². The standard InChI is InChI=1S/C21H31N5O3/c1-3-12-25(13-4-2)14-11-23-19(27)9-10-22-20(28)15-26-16-24-18-8-6-5-7-17(18)21(26)29/h5-8,16H,3-4,9-15H2,1-2H3,(H,22,28)(H,23,27). The number of rotatable bonds is 12. The van der Waals surface area contributed by atoms with E-state index in [9.17, 15) is 14.4 Å². The lowest BCUT2D eigenvalue weighted by Crippen LogP contribution is -2.38. The van der Waals surface area contributed by atoms with Gasteiger partial charge in [-0.3, -0.25) is 19.0 Å². The molecule has 0 saturated carbocycles. The van der Waals surface area contributed by atoms with E-state index in [1.807, 2.05) is 6.07 Å². The third-order valence-electron chi connectivity index (χ3n) is 4.55. The molecule has 0 aliphatic rings. The van der Waals surface area contributed by atoms with Crippen molar-refractivity contribution >= 4 is 22.7 Å². The van der Waals surface area contributed by atoms with Crippen molar-refractivity contribution < 1.29 is 9.59 Å². The minimum Gasteiger partial charge on any atom is -0.355 e. The molecule has 2 rings (SSSR count). The summed E-state index contributed by atoms with van der Waals surface area (Å²) in [5.74, 6) is -0.420. The number of amides is 2. The number of para-hydroxylation sites is 1. The summed E-state index contributed by atoms with van der Waals surface area (Å²) in [6.07, 6.45) is 3.76. The van der Waals surface area contributed by atoms with E-state index in [1.165, 1.54) is 10.9 Å². The third kappa shape index (κ3) is 7.30. The average Bonchev–Trinajstić information content (AvgIpc) is 2.70. The number of carbonyl (C=O) groups is 2. The molecule has 0 aliphatic carbocycles. The molecule has 29 heavy (non-hydrogen) atoms. The van der Waals surface area contributed by atoms with E-state index in [0.29, 0.717) is 17.4 Å². The van der Waals surface area contributed by atoms with Crippen LogP contribution < -0.4 is 16.2 Å². The first-order valence-corrected chi connectivity index (χ1v) is 10.2. The normalized spacial score (nSPS) is 11.0. The molecule has 0 aliphatic heterocycles. The van der Waals surface area contributed by atoms with Gasteiger partial charge < -0.3 is 15.5 Å². The van der Waals surface area contributed by atoms with Gasteiger partial charge in [0, 0.05) is 26.1 Å². The zero-order valence-electron chi connectivity index (χ0n) is 17.3. The smallest absolute Gasteiger partial charge is 0.261 e. The molecule has 8 nitrogen and oxygen atoms in total. The quantitative estimate of drug-likeness (QED) is 0.556. The molecule has 0 radical (unpaired) electrons. The summed E-state index contributed by atoms with van der Waals surface area (Å²) in [5, 5.41) is 6.04. The number of fused-ring (bicyclic) bond motifs is 1. The SMILES string of the molecule is CCCN(CCC)CCNC(=O)CCNC(=O)Cn1cnc2ccccc2c1=O. The number of nitrogens with zero attached hydrogens (tertiary/aromatic N) is 3. The van der Waals surface area contributed by atoms with Gasteiger partial charge in [-0.05, 0) is 38.1 Å². The molecular formula is C21H31N5O3. The summed E-state index contributed by atoms with van der Waals surface area (Å²) in [4.78, 5) is 42.9. The zero-order valence-corrected chi connectivity index (χ0v) is 17.3. The molecule has 1 aromatic carbocycles. The number of carbonyl (C=O) groups excluding carboxylic acids is 2. The maximum absolute atomic E-state index is 12.4. The maximum Gasteiger partial charge on any atom is 0.261 e. The Balaban J connectivity index is 1.71. The van der Waals surface area contributed by atoms with Gasteiger partial charge in [-0.25, -0.2) is 4.98 Å². The molecule has 8 heteroatoms. The Labute approximate surface area is 171 Å². The molecule has 158 valence electrons. The van der Waals surface area contributed by atoms with Crippen LogP contribution >= 0.6 is 0 Å². The molecule has 0 spiro atoms. The van der Waals surface area contributed by atoms with Gasteiger partial charge in [0.05, 0.1) is 17.2 Å². The van der Waals surface area contributed by atoms with Crippen molar-refractivity contribution in [1.29, 1.82) is 0 Å². The van der Waals surface area contributed by atoms with Gasteiger partial charge in [0.2, 0.25) is 11.8 Å². The largest absolute Gasteiger partial charge is 0.355 e. The lowest BCUT2D eigenvalue weighted by molar-refractivity contribution is -0.122. The minimum atomic E-state index is -0.325. The van der Waals surface area contributed by atoms with E-state index in [4.69, 9.17) is 0 Å². The lowest BCUT2D eigenvalue weighted by atomic mass is 10.2. The first kappa shape index (κ1) is 22.5. The Kier molecular flexibility index (Phi) is 9.30. The molecule has 0 atom stereocenters. The number of nitrogens with one attached hydrogen (secondary N) is 2. The Hall–Kier alpha value is -2.74. The van der Waals surface area contributed by atoms with Crippen molar-refractivity contribution in [1.82, 2.24) is 25.1 Å². The van der Waals surface area contributed by atoms with Gasteiger partial charge in [-0.2, -0.15) is 0 Å². The first-order valence-electron chi connectivity index (χ1n) is 10.2. The van der Waals surface area contributed by atoms with Gasteiger partial charge in [0.15, 0.2) is 0 Å². The summed E-state index contributed by atoms with van der Waals surface area (Å²) in [6, 6.07) is 7.01. The van der Waals surface area contributed by atoms with Crippen LogP contribution in [0.3, 0.4) is 0 Å². The molecule has 0 fully saturated rings. The number of hydrogen-bond donors (Lipinski definition) is 2. The summed E-state index contributed by atoms with van der Waals surface area (Å²) >= 11 is 0. The Morgan fingerprint density at radius 2 is 1.69 bits per heavy atom. The molecule has 0 unspecified atom stereocenters. The molecule has 2 aromatic rings. The van der Waals surface area contributed by atoms with Crippen LogP contribution in [0.1, 0.15) is 33.1 Å². The summed E-state index contributed by atoms with van der Waals surface area (Å²) in [6.45, 7) is 7.89. The van der Waals surface area contributed by atoms with Crippen LogP contribution in [0, 0.1) is 0 Å². The van der Waals surface area contributed by atoms with E-state index in [0.717, 1.165) is 32.5 Å². The highest BCUT2D eigenvalue weighted by atomic mass is 16.2. The fourth-order valence-electron chi connectivity index (χ4n) is 3.15. The Bertz CT molecular complexity index is 859. The summed E-state index contributed by atoms with van der Waals surface area (Å²) in [5.41, 5.74) is 0.342. The molecule has 2 N–H and O–H groups in total. The van der Waals surface area contributed by atoms with Gasteiger partial charge in [-0.1, -0.05) is 26.0 Å². The predicted octanol–water partition coefficient (Wildman–Crippen LogP) is 1.14. The zero-order chi connectivity index (χ0) is 21.1. The van der Waals surface area contributed by atoms with Crippen molar-refractivity contribution in [2.45, 2.75) is 39.7 Å². The van der Waals surface area contributed by atoms with Gasteiger partial charge in [0.25, 0.3) is 5.56 Å². The third-order valence-corrected chi connectivity index (χ3v) is 4.55. The number of aromatic nitrogens is 2. The molecular weight excluding hydrogens is 370 g/mol. The molecule has 0 saturated heterocycles. The van der Waals surface area contributed by atoms with Crippen molar-refractivity contribution in [2.75, 3.05) is 32.7 Å². The Morgan fingerprint density at radius 3 is 2.41 bits per heavy atom. The van der Waals surface area contributed by atoms with Crippen LogP contribution in [0.2, 0.25) is 0 Å². The Morgan fingerprint density at radius 1 is 1.00 bits per heavy atom. The number of hydrogen-bond acceptors (Lipinski definition) is 5. The van der Waals surface area contributed by atoms with E-state index < -0.39 is 0 Å². The van der Waals surface area contributed by atoms with Crippen molar-refractivity contribution in [3.8, 4) is 0 Å². The van der Waals surface area contributed by atoms with Crippen LogP contribution in [-0.2, 0) is 16.1 Å². The van der Waals surface area contributed by atoms with E-state index >= 15 is 0 Å². The second-order valence-electron chi connectivity index (χ2n) is 6.99. The van der Waals surface area contributed by atoms with Gasteiger partial charge >= 0.3 is 0 Å². The second-order valence-corrected chi connectivity index (χ2v) is 6.99. The maximum atomic E-state index is 12.4.